The molecule has 1 fully saturated rings. The Hall–Kier alpha value is -4.00. The first-order chi connectivity index (χ1) is 18.4. The largest absolute Gasteiger partial charge is 0.489 e. The van der Waals surface area contributed by atoms with Crippen LogP contribution in [0, 0.1) is 5.92 Å². The van der Waals surface area contributed by atoms with Crippen LogP contribution in [0.1, 0.15) is 37.2 Å². The molecule has 4 heterocycles. The van der Waals surface area contributed by atoms with Crippen molar-refractivity contribution in [3.63, 3.8) is 0 Å². The second kappa shape index (κ2) is 12.5. The highest BCUT2D eigenvalue weighted by Crippen LogP contribution is 2.28. The summed E-state index contributed by atoms with van der Waals surface area (Å²) in [6.07, 6.45) is 4.98. The average Bonchev–Trinajstić information content (AvgIpc) is 3.34. The highest BCUT2D eigenvalue weighted by Gasteiger charge is 2.24. The van der Waals surface area contributed by atoms with E-state index in [1.54, 1.807) is 24.1 Å². The number of amides is 1. The standard InChI is InChI=1S/C25H35N9O4/c1-5-27-24(35)19-11-22(30-25(29-19)38-16(2)14-36-4)34-8-6-17(7-9-34)15-37-21-10-18(12-28-23(21)26)20-13-33(3)32-31-20/h10-13,16-17H,5-9,14-15H2,1-4H3,(H2,26,28)(H,27,35). The van der Waals surface area contributed by atoms with Gasteiger partial charge in [-0.3, -0.25) is 9.48 Å². The van der Waals surface area contributed by atoms with E-state index in [0.717, 1.165) is 31.5 Å². The van der Waals surface area contributed by atoms with Gasteiger partial charge < -0.3 is 30.2 Å². The molecule has 1 aliphatic rings. The Morgan fingerprint density at radius 3 is 2.74 bits per heavy atom. The molecule has 0 spiro atoms. The second-order valence-corrected chi connectivity index (χ2v) is 9.26. The number of anilines is 2. The number of nitrogens with zero attached hydrogens (tertiary/aromatic N) is 7. The van der Waals surface area contributed by atoms with Gasteiger partial charge in [0.05, 0.1) is 19.4 Å². The van der Waals surface area contributed by atoms with Gasteiger partial charge in [-0.15, -0.1) is 5.10 Å². The summed E-state index contributed by atoms with van der Waals surface area (Å²) in [5.41, 5.74) is 7.83. The number of methoxy groups -OCH3 is 1. The molecule has 0 saturated carbocycles. The molecule has 4 rings (SSSR count). The van der Waals surface area contributed by atoms with Crippen LogP contribution in [-0.2, 0) is 11.8 Å². The lowest BCUT2D eigenvalue weighted by molar-refractivity contribution is 0.0843. The molecule has 1 amide bonds. The van der Waals surface area contributed by atoms with Crippen molar-refractivity contribution in [1.29, 1.82) is 0 Å². The summed E-state index contributed by atoms with van der Waals surface area (Å²) in [4.78, 5) is 27.8. The van der Waals surface area contributed by atoms with Crippen molar-refractivity contribution in [3.8, 4) is 23.0 Å². The number of aryl methyl sites for hydroxylation is 1. The molecular weight excluding hydrogens is 490 g/mol. The molecule has 3 aromatic rings. The minimum atomic E-state index is -0.265. The smallest absolute Gasteiger partial charge is 0.319 e. The van der Waals surface area contributed by atoms with Gasteiger partial charge >= 0.3 is 6.01 Å². The predicted molar refractivity (Wildman–Crippen MR) is 141 cm³/mol. The third kappa shape index (κ3) is 6.85. The molecule has 3 N–H and O–H groups in total. The van der Waals surface area contributed by atoms with Gasteiger partial charge in [-0.25, -0.2) is 4.98 Å². The molecule has 1 atom stereocenters. The maximum atomic E-state index is 12.5. The van der Waals surface area contributed by atoms with E-state index in [2.05, 4.69) is 35.5 Å². The zero-order chi connectivity index (χ0) is 27.1. The monoisotopic (exact) mass is 525 g/mol. The fourth-order valence-corrected chi connectivity index (χ4v) is 4.17. The number of pyridine rings is 1. The van der Waals surface area contributed by atoms with E-state index in [-0.39, 0.29) is 23.7 Å². The summed E-state index contributed by atoms with van der Waals surface area (Å²) >= 11 is 0. The first-order valence-corrected chi connectivity index (χ1v) is 12.7. The van der Waals surface area contributed by atoms with E-state index in [0.29, 0.717) is 48.8 Å². The summed E-state index contributed by atoms with van der Waals surface area (Å²) in [5.74, 6) is 1.59. The summed E-state index contributed by atoms with van der Waals surface area (Å²) in [6.45, 7) is 6.63. The Balaban J connectivity index is 1.39. The molecule has 3 aromatic heterocycles. The van der Waals surface area contributed by atoms with Gasteiger partial charge in [0.25, 0.3) is 5.91 Å². The van der Waals surface area contributed by atoms with E-state index in [1.165, 1.54) is 0 Å². The van der Waals surface area contributed by atoms with E-state index in [4.69, 9.17) is 19.9 Å². The highest BCUT2D eigenvalue weighted by molar-refractivity contribution is 5.93. The normalized spacial score (nSPS) is 14.8. The topological polar surface area (TPSA) is 155 Å². The van der Waals surface area contributed by atoms with Crippen LogP contribution >= 0.6 is 0 Å². The number of nitrogen functional groups attached to an aromatic ring is 1. The van der Waals surface area contributed by atoms with E-state index in [9.17, 15) is 4.79 Å². The lowest BCUT2D eigenvalue weighted by Gasteiger charge is -2.33. The fourth-order valence-electron chi connectivity index (χ4n) is 4.17. The van der Waals surface area contributed by atoms with Crippen molar-refractivity contribution in [2.24, 2.45) is 13.0 Å². The number of carbonyl (C=O) groups excluding carboxylic acids is 1. The number of hydrogen-bond acceptors (Lipinski definition) is 11. The van der Waals surface area contributed by atoms with Crippen LogP contribution < -0.4 is 25.4 Å². The van der Waals surface area contributed by atoms with Crippen LogP contribution in [0.4, 0.5) is 11.6 Å². The molecule has 1 aliphatic heterocycles. The lowest BCUT2D eigenvalue weighted by Crippen LogP contribution is -2.36. The maximum absolute atomic E-state index is 12.5. The number of nitrogens with one attached hydrogen (secondary N) is 1. The molecule has 0 bridgehead atoms. The molecule has 0 radical (unpaired) electrons. The quantitative estimate of drug-likeness (QED) is 0.376. The van der Waals surface area contributed by atoms with Crippen LogP contribution in [0.2, 0.25) is 0 Å². The van der Waals surface area contributed by atoms with Crippen LogP contribution in [0.3, 0.4) is 0 Å². The van der Waals surface area contributed by atoms with E-state index >= 15 is 0 Å². The van der Waals surface area contributed by atoms with E-state index < -0.39 is 0 Å². The Morgan fingerprint density at radius 2 is 2.05 bits per heavy atom. The Kier molecular flexibility index (Phi) is 8.89. The molecule has 204 valence electrons. The summed E-state index contributed by atoms with van der Waals surface area (Å²) in [6, 6.07) is 3.71. The predicted octanol–water partition coefficient (Wildman–Crippen LogP) is 1.71. The lowest BCUT2D eigenvalue weighted by atomic mass is 9.98. The van der Waals surface area contributed by atoms with Crippen molar-refractivity contribution in [3.05, 3.63) is 30.2 Å². The molecule has 13 nitrogen and oxygen atoms in total. The van der Waals surface area contributed by atoms with Crippen molar-refractivity contribution in [2.45, 2.75) is 32.8 Å². The summed E-state index contributed by atoms with van der Waals surface area (Å²) < 4.78 is 18.7. The van der Waals surface area contributed by atoms with Gasteiger partial charge in [0.15, 0.2) is 11.6 Å². The van der Waals surface area contributed by atoms with Crippen LogP contribution in [-0.4, -0.2) is 81.9 Å². The Bertz CT molecular complexity index is 1230. The first kappa shape index (κ1) is 27.0. The minimum absolute atomic E-state index is 0.157. The molecule has 1 saturated heterocycles. The van der Waals surface area contributed by atoms with Crippen molar-refractivity contribution < 1.29 is 19.0 Å². The second-order valence-electron chi connectivity index (χ2n) is 9.26. The summed E-state index contributed by atoms with van der Waals surface area (Å²) in [5, 5.41) is 10.9. The zero-order valence-corrected chi connectivity index (χ0v) is 22.3. The van der Waals surface area contributed by atoms with Crippen molar-refractivity contribution in [1.82, 2.24) is 35.3 Å². The van der Waals surface area contributed by atoms with Crippen molar-refractivity contribution >= 4 is 17.5 Å². The zero-order valence-electron chi connectivity index (χ0n) is 22.3. The number of ether oxygens (including phenoxy) is 3. The van der Waals surface area contributed by atoms with Crippen LogP contribution in [0.25, 0.3) is 11.3 Å². The number of nitrogens with two attached hydrogens (primary N) is 1. The molecule has 13 heteroatoms. The van der Waals surface area contributed by atoms with E-state index in [1.807, 2.05) is 33.2 Å². The maximum Gasteiger partial charge on any atom is 0.319 e. The average molecular weight is 526 g/mol. The molecule has 0 aliphatic carbocycles. The molecule has 38 heavy (non-hydrogen) atoms. The SMILES string of the molecule is CCNC(=O)c1cc(N2CCC(COc3cc(-c4cn(C)nn4)cnc3N)CC2)nc(OC(C)COC)n1. The number of aromatic nitrogens is 6. The van der Waals surface area contributed by atoms with Crippen LogP contribution in [0.15, 0.2) is 24.5 Å². The molecule has 0 aromatic carbocycles. The Morgan fingerprint density at radius 1 is 1.26 bits per heavy atom. The van der Waals surface area contributed by atoms with Gasteiger partial charge in [-0.1, -0.05) is 5.21 Å². The van der Waals surface area contributed by atoms with Gasteiger partial charge in [0.1, 0.15) is 23.3 Å². The van der Waals surface area contributed by atoms with Gasteiger partial charge in [0, 0.05) is 51.6 Å². The minimum Gasteiger partial charge on any atom is -0.489 e. The summed E-state index contributed by atoms with van der Waals surface area (Å²) in [7, 11) is 3.41. The molecule has 1 unspecified atom stereocenters. The molecular formula is C25H35N9O4. The van der Waals surface area contributed by atoms with Gasteiger partial charge in [-0.05, 0) is 38.7 Å². The third-order valence-corrected chi connectivity index (χ3v) is 6.16. The first-order valence-electron chi connectivity index (χ1n) is 12.7. The van der Waals surface area contributed by atoms with Crippen molar-refractivity contribution in [2.75, 3.05) is 50.6 Å². The number of hydrogen-bond donors (Lipinski definition) is 2. The van der Waals surface area contributed by atoms with Gasteiger partial charge in [0.2, 0.25) is 0 Å². The van der Waals surface area contributed by atoms with Crippen LogP contribution in [0.5, 0.6) is 11.8 Å². The Labute approximate surface area is 221 Å². The fraction of sp³-hybridized carbons (Fsp3) is 0.520. The number of piperidine rings is 1. The highest BCUT2D eigenvalue weighted by atomic mass is 16.5. The number of rotatable bonds is 11. The van der Waals surface area contributed by atoms with Gasteiger partial charge in [-0.2, -0.15) is 9.97 Å². The third-order valence-electron chi connectivity index (χ3n) is 6.16. The number of carbonyl (C=O) groups is 1.